The number of halogens is 4. The highest BCUT2D eigenvalue weighted by Gasteiger charge is 2.10. The Bertz CT molecular complexity index is 681. The van der Waals surface area contributed by atoms with Gasteiger partial charge in [-0.1, -0.05) is 46.9 Å². The van der Waals surface area contributed by atoms with Gasteiger partial charge in [-0.25, -0.2) is 0 Å². The predicted molar refractivity (Wildman–Crippen MR) is 95.0 cm³/mol. The number of para-hydroxylation sites is 1. The van der Waals surface area contributed by atoms with Crippen molar-refractivity contribution in [3.63, 3.8) is 0 Å². The van der Waals surface area contributed by atoms with Crippen LogP contribution < -0.4 is 5.32 Å². The van der Waals surface area contributed by atoms with Crippen LogP contribution in [-0.2, 0) is 4.79 Å². The van der Waals surface area contributed by atoms with E-state index < -0.39 is 0 Å². The van der Waals surface area contributed by atoms with E-state index in [1.54, 1.807) is 12.1 Å². The van der Waals surface area contributed by atoms with Gasteiger partial charge in [-0.05, 0) is 40.2 Å². The third kappa shape index (κ3) is 4.80. The predicted octanol–water partition coefficient (Wildman–Crippen LogP) is 6.14. The Kier molecular flexibility index (Phi) is 6.26. The fraction of sp³-hybridized carbons (Fsp3) is 0.0714. The normalized spacial score (nSPS) is 10.5. The molecule has 0 fully saturated rings. The third-order valence-corrected chi connectivity index (χ3v) is 5.38. The lowest BCUT2D eigenvalue weighted by atomic mass is 10.3. The monoisotopic (exact) mass is 423 g/mol. The molecule has 0 unspecified atom stereocenters. The summed E-state index contributed by atoms with van der Waals surface area (Å²) in [5.74, 6) is 0.0907. The van der Waals surface area contributed by atoms with Crippen LogP contribution in [-0.4, -0.2) is 11.7 Å². The van der Waals surface area contributed by atoms with Crippen LogP contribution in [0.15, 0.2) is 45.8 Å². The number of thioether (sulfide) groups is 1. The highest BCUT2D eigenvalue weighted by molar-refractivity contribution is 9.10. The van der Waals surface area contributed by atoms with Crippen LogP contribution in [0.3, 0.4) is 0 Å². The van der Waals surface area contributed by atoms with Gasteiger partial charge in [-0.3, -0.25) is 4.79 Å². The topological polar surface area (TPSA) is 29.1 Å². The largest absolute Gasteiger partial charge is 0.324 e. The highest BCUT2D eigenvalue weighted by Crippen LogP contribution is 2.34. The molecule has 2 nitrogen and oxygen atoms in total. The van der Waals surface area contributed by atoms with Gasteiger partial charge in [-0.15, -0.1) is 11.8 Å². The minimum absolute atomic E-state index is 0.131. The van der Waals surface area contributed by atoms with Crippen molar-refractivity contribution in [2.24, 2.45) is 0 Å². The summed E-state index contributed by atoms with van der Waals surface area (Å²) in [7, 11) is 0. The molecule has 2 aromatic rings. The number of rotatable bonds is 4. The lowest BCUT2D eigenvalue weighted by Gasteiger charge is -2.08. The van der Waals surface area contributed by atoms with Crippen molar-refractivity contribution in [1.82, 2.24) is 0 Å². The molecule has 0 saturated heterocycles. The van der Waals surface area contributed by atoms with Gasteiger partial charge < -0.3 is 5.32 Å². The number of hydrogen-bond donors (Lipinski definition) is 1. The zero-order valence-corrected chi connectivity index (χ0v) is 15.2. The van der Waals surface area contributed by atoms with Crippen LogP contribution in [0.5, 0.6) is 0 Å². The first-order valence-electron chi connectivity index (χ1n) is 5.79. The molecule has 0 radical (unpaired) electrons. The van der Waals surface area contributed by atoms with Crippen molar-refractivity contribution >= 4 is 74.1 Å². The van der Waals surface area contributed by atoms with Crippen molar-refractivity contribution in [2.45, 2.75) is 4.90 Å². The zero-order chi connectivity index (χ0) is 15.4. The molecule has 110 valence electrons. The Labute approximate surface area is 150 Å². The molecule has 2 rings (SSSR count). The highest BCUT2D eigenvalue weighted by atomic mass is 79.9. The average molecular weight is 426 g/mol. The van der Waals surface area contributed by atoms with Crippen LogP contribution in [0.2, 0.25) is 15.1 Å². The second-order valence-electron chi connectivity index (χ2n) is 4.01. The quantitative estimate of drug-likeness (QED) is 0.471. The van der Waals surface area contributed by atoms with E-state index in [9.17, 15) is 4.79 Å². The minimum atomic E-state index is -0.131. The number of amides is 1. The second kappa shape index (κ2) is 7.75. The Morgan fingerprint density at radius 1 is 1.10 bits per heavy atom. The number of hydrogen-bond acceptors (Lipinski definition) is 2. The van der Waals surface area contributed by atoms with Gasteiger partial charge in [0.2, 0.25) is 5.91 Å². The first-order valence-corrected chi connectivity index (χ1v) is 8.70. The van der Waals surface area contributed by atoms with Crippen LogP contribution in [0, 0.1) is 0 Å². The van der Waals surface area contributed by atoms with E-state index in [-0.39, 0.29) is 11.7 Å². The molecule has 0 bridgehead atoms. The van der Waals surface area contributed by atoms with Crippen molar-refractivity contribution in [3.8, 4) is 0 Å². The number of benzene rings is 2. The van der Waals surface area contributed by atoms with E-state index in [1.165, 1.54) is 11.8 Å². The SMILES string of the molecule is O=C(CSc1cc(Cl)c(Cl)cc1Cl)Nc1ccccc1Br. The van der Waals surface area contributed by atoms with Crippen molar-refractivity contribution < 1.29 is 4.79 Å². The van der Waals surface area contributed by atoms with E-state index in [0.717, 1.165) is 10.2 Å². The fourth-order valence-electron chi connectivity index (χ4n) is 1.51. The second-order valence-corrected chi connectivity index (χ2v) is 7.11. The maximum atomic E-state index is 11.9. The summed E-state index contributed by atoms with van der Waals surface area (Å²) in [5, 5.41) is 4.10. The van der Waals surface area contributed by atoms with Crippen molar-refractivity contribution in [1.29, 1.82) is 0 Å². The molecule has 0 heterocycles. The molecular weight excluding hydrogens is 416 g/mol. The van der Waals surface area contributed by atoms with Crippen LogP contribution >= 0.6 is 62.5 Å². The summed E-state index contributed by atoms with van der Waals surface area (Å²) >= 11 is 22.5. The van der Waals surface area contributed by atoms with Gasteiger partial charge in [0.1, 0.15) is 0 Å². The van der Waals surface area contributed by atoms with E-state index in [1.807, 2.05) is 24.3 Å². The first-order chi connectivity index (χ1) is 9.97. The number of anilines is 1. The Balaban J connectivity index is 1.99. The molecule has 0 aliphatic heterocycles. The molecule has 0 spiro atoms. The summed E-state index contributed by atoms with van der Waals surface area (Å²) < 4.78 is 0.830. The van der Waals surface area contributed by atoms with Crippen LogP contribution in [0.25, 0.3) is 0 Å². The molecule has 0 saturated carbocycles. The van der Waals surface area contributed by atoms with E-state index in [2.05, 4.69) is 21.2 Å². The van der Waals surface area contributed by atoms with E-state index in [0.29, 0.717) is 20.0 Å². The molecule has 7 heteroatoms. The van der Waals surface area contributed by atoms with Crippen LogP contribution in [0.1, 0.15) is 0 Å². The average Bonchev–Trinajstić information content (AvgIpc) is 2.44. The first kappa shape index (κ1) is 17.0. The standard InChI is InChI=1S/C14H9BrCl3NOS/c15-8-3-1-2-4-12(8)19-14(20)7-21-13-6-10(17)9(16)5-11(13)18/h1-6H,7H2,(H,19,20). The number of nitrogens with one attached hydrogen (secondary N) is 1. The smallest absolute Gasteiger partial charge is 0.234 e. The van der Waals surface area contributed by atoms with Crippen molar-refractivity contribution in [3.05, 3.63) is 55.9 Å². The molecule has 0 aromatic heterocycles. The lowest BCUT2D eigenvalue weighted by molar-refractivity contribution is -0.113. The minimum Gasteiger partial charge on any atom is -0.324 e. The van der Waals surface area contributed by atoms with Gasteiger partial charge >= 0.3 is 0 Å². The van der Waals surface area contributed by atoms with Gasteiger partial charge in [0.15, 0.2) is 0 Å². The van der Waals surface area contributed by atoms with E-state index >= 15 is 0 Å². The maximum absolute atomic E-state index is 11.9. The molecule has 0 aliphatic rings. The Morgan fingerprint density at radius 3 is 2.48 bits per heavy atom. The number of carbonyl (C=O) groups excluding carboxylic acids is 1. The molecule has 1 N–H and O–H groups in total. The molecule has 0 atom stereocenters. The van der Waals surface area contributed by atoms with Gasteiger partial charge in [0.05, 0.1) is 26.5 Å². The maximum Gasteiger partial charge on any atom is 0.234 e. The van der Waals surface area contributed by atoms with Crippen molar-refractivity contribution in [2.75, 3.05) is 11.1 Å². The molecular formula is C14H9BrCl3NOS. The Morgan fingerprint density at radius 2 is 1.76 bits per heavy atom. The third-order valence-electron chi connectivity index (χ3n) is 2.48. The summed E-state index contributed by atoms with van der Waals surface area (Å²) in [4.78, 5) is 12.7. The fourth-order valence-corrected chi connectivity index (χ4v) is 3.42. The summed E-state index contributed by atoms with van der Waals surface area (Å²) in [6.45, 7) is 0. The summed E-state index contributed by atoms with van der Waals surface area (Å²) in [6, 6.07) is 10.6. The van der Waals surface area contributed by atoms with Gasteiger partial charge in [0.25, 0.3) is 0 Å². The lowest BCUT2D eigenvalue weighted by Crippen LogP contribution is -2.14. The molecule has 2 aromatic carbocycles. The number of carbonyl (C=O) groups is 1. The van der Waals surface area contributed by atoms with E-state index in [4.69, 9.17) is 34.8 Å². The molecule has 0 aliphatic carbocycles. The Hall–Kier alpha value is -0.390. The van der Waals surface area contributed by atoms with Gasteiger partial charge in [-0.2, -0.15) is 0 Å². The van der Waals surface area contributed by atoms with Gasteiger partial charge in [0, 0.05) is 9.37 Å². The van der Waals surface area contributed by atoms with Crippen LogP contribution in [0.4, 0.5) is 5.69 Å². The molecule has 1 amide bonds. The summed E-state index contributed by atoms with van der Waals surface area (Å²) in [5.41, 5.74) is 0.725. The summed E-state index contributed by atoms with van der Waals surface area (Å²) in [6.07, 6.45) is 0. The molecule has 21 heavy (non-hydrogen) atoms. The zero-order valence-electron chi connectivity index (χ0n) is 10.5.